The van der Waals surface area contributed by atoms with Crippen LogP contribution < -0.4 is 5.32 Å². The second kappa shape index (κ2) is 32.4. The first-order chi connectivity index (χ1) is 19.7. The number of ether oxygens (including phenoxy) is 2. The molecule has 0 amide bonds. The van der Waals surface area contributed by atoms with Crippen LogP contribution in [0.15, 0.2) is 0 Å². The smallest absolute Gasteiger partial charge is 0.308 e. The van der Waals surface area contributed by atoms with E-state index in [1.54, 1.807) is 0 Å². The van der Waals surface area contributed by atoms with Gasteiger partial charge in [-0.3, -0.25) is 9.59 Å². The first kappa shape index (κ1) is 38.9. The third-order valence-electron chi connectivity index (χ3n) is 7.95. The van der Waals surface area contributed by atoms with E-state index in [1.807, 2.05) is 0 Å². The zero-order valence-electron chi connectivity index (χ0n) is 27.2. The van der Waals surface area contributed by atoms with Crippen LogP contribution in [0.25, 0.3) is 0 Å². The number of hydrogen-bond donors (Lipinski definition) is 1. The molecular formula is C35H69NO4. The summed E-state index contributed by atoms with van der Waals surface area (Å²) in [5.41, 5.74) is 0. The first-order valence-corrected chi connectivity index (χ1v) is 17.7. The van der Waals surface area contributed by atoms with E-state index in [1.165, 1.54) is 116 Å². The summed E-state index contributed by atoms with van der Waals surface area (Å²) >= 11 is 0. The van der Waals surface area contributed by atoms with Crippen molar-refractivity contribution in [3.05, 3.63) is 0 Å². The monoisotopic (exact) mass is 568 g/mol. The van der Waals surface area contributed by atoms with Crippen LogP contribution in [0.1, 0.15) is 181 Å². The Bertz CT molecular complexity index is 521. The van der Waals surface area contributed by atoms with Gasteiger partial charge in [0.15, 0.2) is 0 Å². The van der Waals surface area contributed by atoms with Gasteiger partial charge in [-0.15, -0.1) is 0 Å². The topological polar surface area (TPSA) is 64.6 Å². The van der Waals surface area contributed by atoms with Crippen LogP contribution in [0, 0.1) is 5.92 Å². The van der Waals surface area contributed by atoms with Crippen molar-refractivity contribution >= 4 is 11.9 Å². The molecule has 0 fully saturated rings. The van der Waals surface area contributed by atoms with E-state index >= 15 is 0 Å². The molecule has 0 saturated heterocycles. The normalized spacial score (nSPS) is 11.3. The molecule has 0 spiro atoms. The number of esters is 2. The molecule has 0 atom stereocenters. The summed E-state index contributed by atoms with van der Waals surface area (Å²) in [6, 6.07) is 0. The second-order valence-electron chi connectivity index (χ2n) is 11.9. The van der Waals surface area contributed by atoms with Gasteiger partial charge >= 0.3 is 11.9 Å². The van der Waals surface area contributed by atoms with Crippen molar-refractivity contribution in [1.82, 2.24) is 5.32 Å². The van der Waals surface area contributed by atoms with Gasteiger partial charge in [0, 0.05) is 19.5 Å². The molecule has 238 valence electrons. The van der Waals surface area contributed by atoms with Crippen LogP contribution in [0.2, 0.25) is 0 Å². The van der Waals surface area contributed by atoms with Gasteiger partial charge in [-0.2, -0.15) is 0 Å². The molecule has 0 aromatic rings. The summed E-state index contributed by atoms with van der Waals surface area (Å²) in [7, 11) is 0. The fraction of sp³-hybridized carbons (Fsp3) is 0.943. The lowest BCUT2D eigenvalue weighted by Gasteiger charge is -2.16. The second-order valence-corrected chi connectivity index (χ2v) is 11.9. The highest BCUT2D eigenvalue weighted by molar-refractivity contribution is 5.72. The zero-order chi connectivity index (χ0) is 29.4. The summed E-state index contributed by atoms with van der Waals surface area (Å²) in [4.78, 5) is 24.7. The molecule has 5 heteroatoms. The Balaban J connectivity index is 3.95. The van der Waals surface area contributed by atoms with Crippen LogP contribution in [0.5, 0.6) is 0 Å². The summed E-state index contributed by atoms with van der Waals surface area (Å²) in [6.07, 6.45) is 30.1. The molecule has 0 aliphatic carbocycles. The van der Waals surface area contributed by atoms with Gasteiger partial charge < -0.3 is 14.8 Å². The van der Waals surface area contributed by atoms with Crippen LogP contribution in [-0.4, -0.2) is 38.2 Å². The Kier molecular flexibility index (Phi) is 31.5. The molecule has 0 aromatic heterocycles. The van der Waals surface area contributed by atoms with Gasteiger partial charge in [0.1, 0.15) is 13.2 Å². The number of hydrogen-bond acceptors (Lipinski definition) is 5. The van der Waals surface area contributed by atoms with Crippen LogP contribution in [0.4, 0.5) is 0 Å². The van der Waals surface area contributed by atoms with Crippen molar-refractivity contribution in [2.24, 2.45) is 5.92 Å². The van der Waals surface area contributed by atoms with Gasteiger partial charge in [-0.1, -0.05) is 156 Å². The molecule has 0 unspecified atom stereocenters. The lowest BCUT2D eigenvalue weighted by atomic mass is 9.94. The van der Waals surface area contributed by atoms with E-state index in [-0.39, 0.29) is 17.9 Å². The Morgan fingerprint density at radius 3 is 1.32 bits per heavy atom. The van der Waals surface area contributed by atoms with E-state index in [0.29, 0.717) is 32.7 Å². The largest absolute Gasteiger partial charge is 0.464 e. The quantitative estimate of drug-likeness (QED) is 0.0647. The lowest BCUT2D eigenvalue weighted by molar-refractivity contribution is -0.149. The maximum Gasteiger partial charge on any atom is 0.308 e. The molecule has 0 aliphatic rings. The van der Waals surface area contributed by atoms with Crippen molar-refractivity contribution in [3.63, 3.8) is 0 Å². The Morgan fingerprint density at radius 2 is 0.875 bits per heavy atom. The highest BCUT2D eigenvalue weighted by Crippen LogP contribution is 2.21. The summed E-state index contributed by atoms with van der Waals surface area (Å²) in [5, 5.41) is 3.23. The molecule has 0 bridgehead atoms. The molecule has 0 radical (unpaired) electrons. The predicted octanol–water partition coefficient (Wildman–Crippen LogP) is 10.1. The SMILES string of the molecule is CCCCCCCCCCC(=O)OCCNCCOC(=O)C(CCCCCCCCC)CCCCCCCCC. The average molecular weight is 568 g/mol. The molecule has 0 aromatic carbocycles. The molecule has 1 N–H and O–H groups in total. The van der Waals surface area contributed by atoms with Gasteiger partial charge in [-0.25, -0.2) is 0 Å². The molecule has 0 saturated carbocycles. The third-order valence-corrected chi connectivity index (χ3v) is 7.95. The van der Waals surface area contributed by atoms with E-state index in [2.05, 4.69) is 26.1 Å². The van der Waals surface area contributed by atoms with Crippen LogP contribution in [0.3, 0.4) is 0 Å². The van der Waals surface area contributed by atoms with Crippen molar-refractivity contribution < 1.29 is 19.1 Å². The lowest BCUT2D eigenvalue weighted by Crippen LogP contribution is -2.27. The number of rotatable bonds is 32. The van der Waals surface area contributed by atoms with Gasteiger partial charge in [0.25, 0.3) is 0 Å². The Labute approximate surface area is 249 Å². The number of carbonyl (C=O) groups is 2. The highest BCUT2D eigenvalue weighted by atomic mass is 16.5. The van der Waals surface area contributed by atoms with Gasteiger partial charge in [0.2, 0.25) is 0 Å². The molecular weight excluding hydrogens is 498 g/mol. The maximum atomic E-state index is 12.8. The highest BCUT2D eigenvalue weighted by Gasteiger charge is 2.19. The van der Waals surface area contributed by atoms with Gasteiger partial charge in [-0.05, 0) is 19.3 Å². The minimum absolute atomic E-state index is 0.0180. The summed E-state index contributed by atoms with van der Waals surface area (Å²) < 4.78 is 11.0. The zero-order valence-corrected chi connectivity index (χ0v) is 27.2. The number of nitrogens with one attached hydrogen (secondary N) is 1. The average Bonchev–Trinajstić information content (AvgIpc) is 2.95. The summed E-state index contributed by atoms with van der Waals surface area (Å²) in [6.45, 7) is 8.71. The predicted molar refractivity (Wildman–Crippen MR) is 171 cm³/mol. The van der Waals surface area contributed by atoms with Crippen LogP contribution in [-0.2, 0) is 19.1 Å². The van der Waals surface area contributed by atoms with Crippen molar-refractivity contribution in [2.45, 2.75) is 181 Å². The Hall–Kier alpha value is -1.10. The minimum atomic E-state index is -0.0993. The third kappa shape index (κ3) is 28.4. The molecule has 0 rings (SSSR count). The maximum absolute atomic E-state index is 12.8. The van der Waals surface area contributed by atoms with Crippen molar-refractivity contribution in [2.75, 3.05) is 26.3 Å². The Morgan fingerprint density at radius 1 is 0.500 bits per heavy atom. The number of unbranched alkanes of at least 4 members (excludes halogenated alkanes) is 19. The number of carbonyl (C=O) groups excluding carboxylic acids is 2. The molecule has 0 heterocycles. The summed E-state index contributed by atoms with van der Waals surface area (Å²) in [5.74, 6) is -0.0723. The van der Waals surface area contributed by atoms with E-state index in [4.69, 9.17) is 9.47 Å². The minimum Gasteiger partial charge on any atom is -0.464 e. The first-order valence-electron chi connectivity index (χ1n) is 17.7. The van der Waals surface area contributed by atoms with E-state index in [0.717, 1.165) is 38.5 Å². The molecule has 5 nitrogen and oxygen atoms in total. The fourth-order valence-corrected chi connectivity index (χ4v) is 5.25. The van der Waals surface area contributed by atoms with Crippen LogP contribution >= 0.6 is 0 Å². The van der Waals surface area contributed by atoms with Crippen molar-refractivity contribution in [3.8, 4) is 0 Å². The van der Waals surface area contributed by atoms with E-state index in [9.17, 15) is 9.59 Å². The fourth-order valence-electron chi connectivity index (χ4n) is 5.25. The molecule has 0 aliphatic heterocycles. The molecule has 40 heavy (non-hydrogen) atoms. The van der Waals surface area contributed by atoms with Crippen molar-refractivity contribution in [1.29, 1.82) is 0 Å². The van der Waals surface area contributed by atoms with E-state index < -0.39 is 0 Å². The van der Waals surface area contributed by atoms with Gasteiger partial charge in [0.05, 0.1) is 5.92 Å². The standard InChI is InChI=1S/C35H69NO4/c1-4-7-10-13-16-19-22-25-28-34(37)39-31-29-36-30-32-40-35(38)33(26-23-20-17-14-11-8-5-2)27-24-21-18-15-12-9-6-3/h33,36H,4-32H2,1-3H3.